The van der Waals surface area contributed by atoms with E-state index in [0.717, 1.165) is 6.42 Å². The molecular weight excluding hydrogens is 250 g/mol. The fourth-order valence-corrected chi connectivity index (χ4v) is 2.91. The lowest BCUT2D eigenvalue weighted by Gasteiger charge is -2.33. The molecule has 0 aliphatic rings. The summed E-state index contributed by atoms with van der Waals surface area (Å²) in [6.07, 6.45) is 2.12. The van der Waals surface area contributed by atoms with Crippen LogP contribution < -0.4 is 5.32 Å². The molecule has 0 aliphatic heterocycles. The lowest BCUT2D eigenvalue weighted by atomic mass is 10.0. The van der Waals surface area contributed by atoms with Gasteiger partial charge in [0.2, 0.25) is 10.0 Å². The Bertz CT molecular complexity index is 495. The van der Waals surface area contributed by atoms with E-state index < -0.39 is 15.6 Å². The Morgan fingerprint density at radius 2 is 2.00 bits per heavy atom. The van der Waals surface area contributed by atoms with Crippen LogP contribution in [-0.2, 0) is 10.0 Å². The van der Waals surface area contributed by atoms with Gasteiger partial charge in [0, 0.05) is 25.8 Å². The molecule has 18 heavy (non-hydrogen) atoms. The van der Waals surface area contributed by atoms with Gasteiger partial charge in [-0.05, 0) is 32.4 Å². The van der Waals surface area contributed by atoms with Crippen molar-refractivity contribution in [2.45, 2.75) is 37.6 Å². The highest BCUT2D eigenvalue weighted by Crippen LogP contribution is 2.25. The van der Waals surface area contributed by atoms with Gasteiger partial charge < -0.3 is 5.32 Å². The molecule has 0 radical (unpaired) electrons. The molecule has 0 saturated heterocycles. The maximum absolute atomic E-state index is 12.4. The van der Waals surface area contributed by atoms with Crippen LogP contribution in [0.15, 0.2) is 23.2 Å². The van der Waals surface area contributed by atoms with E-state index in [4.69, 9.17) is 0 Å². The molecule has 0 atom stereocenters. The third-order valence-electron chi connectivity index (χ3n) is 3.37. The van der Waals surface area contributed by atoms with Gasteiger partial charge in [-0.15, -0.1) is 0 Å². The highest BCUT2D eigenvalue weighted by molar-refractivity contribution is 7.89. The van der Waals surface area contributed by atoms with Gasteiger partial charge in [0.1, 0.15) is 10.7 Å². The van der Waals surface area contributed by atoms with Crippen LogP contribution in [-0.4, -0.2) is 37.3 Å². The topological polar surface area (TPSA) is 62.3 Å². The van der Waals surface area contributed by atoms with E-state index in [1.807, 2.05) is 20.8 Å². The molecular formula is C12H21N3O2S. The van der Waals surface area contributed by atoms with Gasteiger partial charge in [-0.2, -0.15) is 4.31 Å². The quantitative estimate of drug-likeness (QED) is 0.889. The molecule has 0 unspecified atom stereocenters. The summed E-state index contributed by atoms with van der Waals surface area (Å²) in [5.74, 6) is 0.645. The zero-order chi connectivity index (χ0) is 14.0. The molecule has 0 saturated carbocycles. The number of nitrogens with zero attached hydrogens (tertiary/aromatic N) is 2. The van der Waals surface area contributed by atoms with E-state index in [1.165, 1.54) is 10.5 Å². The van der Waals surface area contributed by atoms with Crippen molar-refractivity contribution in [1.82, 2.24) is 9.29 Å². The molecule has 1 N–H and O–H groups in total. The number of sulfonamides is 1. The first kappa shape index (κ1) is 14.9. The van der Waals surface area contributed by atoms with Gasteiger partial charge in [0.25, 0.3) is 0 Å². The maximum Gasteiger partial charge on any atom is 0.244 e. The molecule has 0 aromatic carbocycles. The normalized spacial score (nSPS) is 12.8. The number of nitrogens with one attached hydrogen (secondary N) is 1. The molecule has 6 heteroatoms. The largest absolute Gasteiger partial charge is 0.373 e. The van der Waals surface area contributed by atoms with Crippen LogP contribution in [0.5, 0.6) is 0 Å². The fraction of sp³-hybridized carbons (Fsp3) is 0.583. The minimum Gasteiger partial charge on any atom is -0.373 e. The van der Waals surface area contributed by atoms with E-state index in [0.29, 0.717) is 5.82 Å². The molecule has 0 spiro atoms. The number of hydrogen-bond acceptors (Lipinski definition) is 4. The Balaban J connectivity index is 3.13. The summed E-state index contributed by atoms with van der Waals surface area (Å²) in [6.45, 7) is 5.77. The summed E-state index contributed by atoms with van der Waals surface area (Å²) < 4.78 is 26.2. The van der Waals surface area contributed by atoms with Crippen molar-refractivity contribution in [3.63, 3.8) is 0 Å². The Labute approximate surface area is 109 Å². The predicted molar refractivity (Wildman–Crippen MR) is 73.1 cm³/mol. The van der Waals surface area contributed by atoms with Crippen molar-refractivity contribution in [2.75, 3.05) is 19.4 Å². The van der Waals surface area contributed by atoms with Crippen LogP contribution in [0, 0.1) is 0 Å². The van der Waals surface area contributed by atoms with Crippen LogP contribution in [0.1, 0.15) is 27.2 Å². The first-order chi connectivity index (χ1) is 8.25. The van der Waals surface area contributed by atoms with Gasteiger partial charge >= 0.3 is 0 Å². The maximum atomic E-state index is 12.4. The van der Waals surface area contributed by atoms with E-state index in [1.54, 1.807) is 26.2 Å². The number of hydrogen-bond donors (Lipinski definition) is 1. The second kappa shape index (κ2) is 5.24. The van der Waals surface area contributed by atoms with Gasteiger partial charge in [0.15, 0.2) is 0 Å². The minimum absolute atomic E-state index is 0.213. The van der Waals surface area contributed by atoms with E-state index >= 15 is 0 Å². The van der Waals surface area contributed by atoms with Crippen LogP contribution in [0.3, 0.4) is 0 Å². The summed E-state index contributed by atoms with van der Waals surface area (Å²) in [5.41, 5.74) is -0.416. The van der Waals surface area contributed by atoms with Gasteiger partial charge in [-0.1, -0.05) is 6.92 Å². The SMILES string of the molecule is CCC(C)(C)N(C)S(=O)(=O)c1ccc(NC)nc1. The zero-order valence-corrected chi connectivity index (χ0v) is 12.4. The molecule has 1 aromatic rings. The van der Waals surface area contributed by atoms with Gasteiger partial charge in [-0.25, -0.2) is 13.4 Å². The Morgan fingerprint density at radius 1 is 1.39 bits per heavy atom. The number of pyridine rings is 1. The highest BCUT2D eigenvalue weighted by atomic mass is 32.2. The third kappa shape index (κ3) is 2.81. The predicted octanol–water partition coefficient (Wildman–Crippen LogP) is 1.93. The van der Waals surface area contributed by atoms with Crippen LogP contribution in [0.25, 0.3) is 0 Å². The first-order valence-corrected chi connectivity index (χ1v) is 7.32. The molecule has 0 fully saturated rings. The average molecular weight is 271 g/mol. The highest BCUT2D eigenvalue weighted by Gasteiger charge is 2.32. The molecule has 0 bridgehead atoms. The fourth-order valence-electron chi connectivity index (χ4n) is 1.39. The zero-order valence-electron chi connectivity index (χ0n) is 11.6. The number of anilines is 1. The standard InChI is InChI=1S/C12H21N3O2S/c1-6-12(2,3)15(5)18(16,17)10-7-8-11(13-4)14-9-10/h7-9H,6H2,1-5H3,(H,13,14). The lowest BCUT2D eigenvalue weighted by molar-refractivity contribution is 0.257. The summed E-state index contributed by atoms with van der Waals surface area (Å²) >= 11 is 0. The monoisotopic (exact) mass is 271 g/mol. The second-order valence-corrected chi connectivity index (χ2v) is 6.74. The van der Waals surface area contributed by atoms with Crippen molar-refractivity contribution in [2.24, 2.45) is 0 Å². The second-order valence-electron chi connectivity index (χ2n) is 4.77. The lowest BCUT2D eigenvalue weighted by Crippen LogP contribution is -2.44. The van der Waals surface area contributed by atoms with Crippen molar-refractivity contribution in [3.05, 3.63) is 18.3 Å². The molecule has 1 aromatic heterocycles. The van der Waals surface area contributed by atoms with Crippen molar-refractivity contribution in [1.29, 1.82) is 0 Å². The smallest absolute Gasteiger partial charge is 0.244 e. The Kier molecular flexibility index (Phi) is 4.34. The van der Waals surface area contributed by atoms with Crippen molar-refractivity contribution < 1.29 is 8.42 Å². The average Bonchev–Trinajstić information content (AvgIpc) is 2.37. The summed E-state index contributed by atoms with van der Waals surface area (Å²) in [7, 11) is -0.150. The summed E-state index contributed by atoms with van der Waals surface area (Å²) in [5, 5.41) is 2.86. The summed E-state index contributed by atoms with van der Waals surface area (Å²) in [6, 6.07) is 3.22. The van der Waals surface area contributed by atoms with Gasteiger partial charge in [0.05, 0.1) is 0 Å². The number of rotatable bonds is 5. The Morgan fingerprint density at radius 3 is 2.39 bits per heavy atom. The molecule has 0 amide bonds. The summed E-state index contributed by atoms with van der Waals surface area (Å²) in [4.78, 5) is 4.25. The molecule has 0 aliphatic carbocycles. The van der Waals surface area contributed by atoms with E-state index in [2.05, 4.69) is 10.3 Å². The Hall–Kier alpha value is -1.14. The third-order valence-corrected chi connectivity index (χ3v) is 5.42. The molecule has 1 heterocycles. The van der Waals surface area contributed by atoms with Crippen LogP contribution in [0.2, 0.25) is 0 Å². The molecule has 102 valence electrons. The van der Waals surface area contributed by atoms with Crippen LogP contribution >= 0.6 is 0 Å². The van der Waals surface area contributed by atoms with Gasteiger partial charge in [-0.3, -0.25) is 0 Å². The van der Waals surface area contributed by atoms with E-state index in [9.17, 15) is 8.42 Å². The number of aromatic nitrogens is 1. The minimum atomic E-state index is -3.49. The van der Waals surface area contributed by atoms with Crippen LogP contribution in [0.4, 0.5) is 5.82 Å². The molecule has 5 nitrogen and oxygen atoms in total. The van der Waals surface area contributed by atoms with E-state index in [-0.39, 0.29) is 4.90 Å². The first-order valence-electron chi connectivity index (χ1n) is 5.88. The van der Waals surface area contributed by atoms with Crippen molar-refractivity contribution in [3.8, 4) is 0 Å². The van der Waals surface area contributed by atoms with Crippen molar-refractivity contribution >= 4 is 15.8 Å². The molecule has 1 rings (SSSR count).